The Hall–Kier alpha value is -0.570. The Balaban J connectivity index is 2.76. The summed E-state index contributed by atoms with van der Waals surface area (Å²) in [6.07, 6.45) is 5.75. The van der Waals surface area contributed by atoms with Gasteiger partial charge in [-0.1, -0.05) is 47.5 Å². The molecule has 0 aromatic heterocycles. The van der Waals surface area contributed by atoms with Crippen LogP contribution in [0.1, 0.15) is 73.6 Å². The molecule has 1 aliphatic heterocycles. The molecule has 0 saturated carbocycles. The van der Waals surface area contributed by atoms with Gasteiger partial charge in [-0.2, -0.15) is 0 Å². The van der Waals surface area contributed by atoms with Gasteiger partial charge in [-0.05, 0) is 38.0 Å². The molecule has 0 aliphatic carbocycles. The van der Waals surface area contributed by atoms with Crippen molar-refractivity contribution in [2.24, 2.45) is 11.8 Å². The van der Waals surface area contributed by atoms with Gasteiger partial charge in [-0.15, -0.1) is 0 Å². The van der Waals surface area contributed by atoms with E-state index in [0.717, 1.165) is 19.3 Å². The minimum Gasteiger partial charge on any atom is -0.323 e. The van der Waals surface area contributed by atoms with Crippen LogP contribution >= 0.6 is 0 Å². The van der Waals surface area contributed by atoms with Crippen LogP contribution in [0.4, 0.5) is 0 Å². The Morgan fingerprint density at radius 3 is 2.20 bits per heavy atom. The average Bonchev–Trinajstić information content (AvgIpc) is 2.61. The van der Waals surface area contributed by atoms with Crippen molar-refractivity contribution in [1.29, 1.82) is 0 Å². The average molecular weight is 282 g/mol. The van der Waals surface area contributed by atoms with E-state index in [1.54, 1.807) is 0 Å². The van der Waals surface area contributed by atoms with Crippen molar-refractivity contribution in [3.63, 3.8) is 0 Å². The fourth-order valence-corrected chi connectivity index (χ4v) is 3.15. The molecular weight excluding hydrogens is 248 g/mol. The fourth-order valence-electron chi connectivity index (χ4n) is 3.15. The fraction of sp³-hybridized carbons (Fsp3) is 0.941. The van der Waals surface area contributed by atoms with Gasteiger partial charge < -0.3 is 4.90 Å². The van der Waals surface area contributed by atoms with E-state index in [-0.39, 0.29) is 12.2 Å². The third-order valence-electron chi connectivity index (χ3n) is 4.13. The Labute approximate surface area is 125 Å². The summed E-state index contributed by atoms with van der Waals surface area (Å²) in [5.41, 5.74) is 0. The number of rotatable bonds is 8. The number of carbonyl (C=O) groups excluding carboxylic acids is 1. The van der Waals surface area contributed by atoms with E-state index in [0.29, 0.717) is 23.8 Å². The number of hydrogen-bond donors (Lipinski definition) is 1. The van der Waals surface area contributed by atoms with Gasteiger partial charge in [-0.3, -0.25) is 10.1 Å². The van der Waals surface area contributed by atoms with Gasteiger partial charge >= 0.3 is 0 Å². The van der Waals surface area contributed by atoms with Gasteiger partial charge in [0.1, 0.15) is 0 Å². The third-order valence-corrected chi connectivity index (χ3v) is 4.13. The Morgan fingerprint density at radius 1 is 1.10 bits per heavy atom. The van der Waals surface area contributed by atoms with Crippen LogP contribution in [0.25, 0.3) is 0 Å². The summed E-state index contributed by atoms with van der Waals surface area (Å²) < 4.78 is 0. The molecule has 20 heavy (non-hydrogen) atoms. The highest BCUT2D eigenvalue weighted by Crippen LogP contribution is 2.25. The molecule has 1 aliphatic rings. The molecule has 0 aromatic carbocycles. The predicted octanol–water partition coefficient (Wildman–Crippen LogP) is 3.78. The first kappa shape index (κ1) is 17.5. The van der Waals surface area contributed by atoms with E-state index in [1.807, 2.05) is 0 Å². The first-order valence-electron chi connectivity index (χ1n) is 8.45. The standard InChI is InChI=1S/C17H34N2O/c1-7-8-9-14(6)19-16(11-13(4)5)18-15(17(19)20)10-12(2)3/h12-16,18H,7-11H2,1-6H3. The monoisotopic (exact) mass is 282 g/mol. The first-order valence-corrected chi connectivity index (χ1v) is 8.45. The summed E-state index contributed by atoms with van der Waals surface area (Å²) in [6.45, 7) is 13.3. The summed E-state index contributed by atoms with van der Waals surface area (Å²) >= 11 is 0. The minimum atomic E-state index is 0.0304. The molecule has 3 nitrogen and oxygen atoms in total. The molecule has 0 radical (unpaired) electrons. The normalized spacial score (nSPS) is 25.0. The van der Waals surface area contributed by atoms with Crippen molar-refractivity contribution in [3.05, 3.63) is 0 Å². The largest absolute Gasteiger partial charge is 0.323 e. The Bertz CT molecular complexity index is 301. The van der Waals surface area contributed by atoms with Crippen LogP contribution in [-0.4, -0.2) is 29.1 Å². The number of nitrogens with zero attached hydrogens (tertiary/aromatic N) is 1. The summed E-state index contributed by atoms with van der Waals surface area (Å²) in [6, 6.07) is 0.388. The van der Waals surface area contributed by atoms with Crippen LogP contribution < -0.4 is 5.32 Å². The number of carbonyl (C=O) groups is 1. The zero-order chi connectivity index (χ0) is 15.3. The van der Waals surface area contributed by atoms with Crippen LogP contribution in [-0.2, 0) is 4.79 Å². The second kappa shape index (κ2) is 8.02. The van der Waals surface area contributed by atoms with Gasteiger partial charge in [0, 0.05) is 6.04 Å². The Kier molecular flexibility index (Phi) is 7.01. The number of amides is 1. The maximum Gasteiger partial charge on any atom is 0.241 e. The van der Waals surface area contributed by atoms with Crippen LogP contribution in [0.15, 0.2) is 0 Å². The molecule has 1 N–H and O–H groups in total. The summed E-state index contributed by atoms with van der Waals surface area (Å²) in [5.74, 6) is 1.49. The zero-order valence-electron chi connectivity index (χ0n) is 14.3. The van der Waals surface area contributed by atoms with Crippen LogP contribution in [0.3, 0.4) is 0 Å². The summed E-state index contributed by atoms with van der Waals surface area (Å²) in [4.78, 5) is 14.8. The molecular formula is C17H34N2O. The number of hydrogen-bond acceptors (Lipinski definition) is 2. The maximum absolute atomic E-state index is 12.7. The third kappa shape index (κ3) is 4.76. The zero-order valence-corrected chi connectivity index (χ0v) is 14.3. The second-order valence-corrected chi connectivity index (χ2v) is 7.23. The lowest BCUT2D eigenvalue weighted by Gasteiger charge is -2.31. The molecule has 0 spiro atoms. The molecule has 0 aromatic rings. The topological polar surface area (TPSA) is 32.3 Å². The van der Waals surface area contributed by atoms with Gasteiger partial charge in [0.25, 0.3) is 0 Å². The molecule has 1 rings (SSSR count). The van der Waals surface area contributed by atoms with Crippen molar-refractivity contribution >= 4 is 5.91 Å². The molecule has 3 heteroatoms. The van der Waals surface area contributed by atoms with Gasteiger partial charge in [-0.25, -0.2) is 0 Å². The molecule has 0 bridgehead atoms. The smallest absolute Gasteiger partial charge is 0.241 e. The minimum absolute atomic E-state index is 0.0304. The van der Waals surface area contributed by atoms with E-state index in [2.05, 4.69) is 51.8 Å². The van der Waals surface area contributed by atoms with Crippen molar-refractivity contribution in [2.75, 3.05) is 0 Å². The van der Waals surface area contributed by atoms with E-state index in [4.69, 9.17) is 0 Å². The van der Waals surface area contributed by atoms with Crippen molar-refractivity contribution < 1.29 is 4.79 Å². The van der Waals surface area contributed by atoms with E-state index in [1.165, 1.54) is 12.8 Å². The van der Waals surface area contributed by atoms with E-state index in [9.17, 15) is 4.79 Å². The molecule has 118 valence electrons. The van der Waals surface area contributed by atoms with Crippen molar-refractivity contribution in [1.82, 2.24) is 10.2 Å². The SMILES string of the molecule is CCCCC(C)N1C(=O)C(CC(C)C)NC1CC(C)C. The van der Waals surface area contributed by atoms with Crippen molar-refractivity contribution in [3.8, 4) is 0 Å². The van der Waals surface area contributed by atoms with Crippen molar-refractivity contribution in [2.45, 2.75) is 91.9 Å². The van der Waals surface area contributed by atoms with Gasteiger partial charge in [0.15, 0.2) is 0 Å². The second-order valence-electron chi connectivity index (χ2n) is 7.23. The molecule has 1 fully saturated rings. The quantitative estimate of drug-likeness (QED) is 0.734. The van der Waals surface area contributed by atoms with Crippen LogP contribution in [0.5, 0.6) is 0 Å². The predicted molar refractivity (Wildman–Crippen MR) is 85.5 cm³/mol. The lowest BCUT2D eigenvalue weighted by atomic mass is 10.0. The first-order chi connectivity index (χ1) is 9.36. The summed E-state index contributed by atoms with van der Waals surface area (Å²) in [5, 5.41) is 3.59. The van der Waals surface area contributed by atoms with E-state index < -0.39 is 0 Å². The van der Waals surface area contributed by atoms with Gasteiger partial charge in [0.2, 0.25) is 5.91 Å². The van der Waals surface area contributed by atoms with Crippen LogP contribution in [0, 0.1) is 11.8 Å². The number of unbranched alkanes of at least 4 members (excludes halogenated alkanes) is 1. The van der Waals surface area contributed by atoms with Crippen LogP contribution in [0.2, 0.25) is 0 Å². The molecule has 3 unspecified atom stereocenters. The molecule has 1 saturated heterocycles. The lowest BCUT2D eigenvalue weighted by molar-refractivity contribution is -0.132. The highest BCUT2D eigenvalue weighted by atomic mass is 16.2. The van der Waals surface area contributed by atoms with E-state index >= 15 is 0 Å². The Morgan fingerprint density at radius 2 is 1.70 bits per heavy atom. The molecule has 3 atom stereocenters. The summed E-state index contributed by atoms with van der Waals surface area (Å²) in [7, 11) is 0. The van der Waals surface area contributed by atoms with Gasteiger partial charge in [0.05, 0.1) is 12.2 Å². The highest BCUT2D eigenvalue weighted by Gasteiger charge is 2.40. The lowest BCUT2D eigenvalue weighted by Crippen LogP contribution is -2.44. The maximum atomic E-state index is 12.7. The highest BCUT2D eigenvalue weighted by molar-refractivity contribution is 5.84. The molecule has 1 amide bonds. The number of nitrogens with one attached hydrogen (secondary N) is 1. The molecule has 1 heterocycles.